The number of carbonyl (C=O) groups excluding carboxylic acids is 2. The Balaban J connectivity index is 0. The summed E-state index contributed by atoms with van der Waals surface area (Å²) in [6.07, 6.45) is 3.65. The van der Waals surface area contributed by atoms with Crippen molar-refractivity contribution in [3.05, 3.63) is 0 Å². The highest BCUT2D eigenvalue weighted by atomic mass is 16.6. The number of primary amides is 1. The normalized spacial score (nSPS) is 17.9. The van der Waals surface area contributed by atoms with Crippen molar-refractivity contribution in [1.29, 1.82) is 0 Å². The van der Waals surface area contributed by atoms with E-state index in [1.54, 1.807) is 4.90 Å². The van der Waals surface area contributed by atoms with Crippen molar-refractivity contribution in [2.24, 2.45) is 23.0 Å². The maximum atomic E-state index is 10.9. The van der Waals surface area contributed by atoms with Crippen LogP contribution >= 0.6 is 0 Å². The maximum Gasteiger partial charge on any atom is 0.409 e. The number of ether oxygens (including phenoxy) is 2. The first kappa shape index (κ1) is 26.9. The van der Waals surface area contributed by atoms with Crippen molar-refractivity contribution in [1.82, 2.24) is 4.90 Å². The number of rotatable bonds is 4. The van der Waals surface area contributed by atoms with Gasteiger partial charge in [0.05, 0.1) is 6.54 Å². The van der Waals surface area contributed by atoms with Crippen LogP contribution in [-0.4, -0.2) is 50.3 Å². The van der Waals surface area contributed by atoms with E-state index >= 15 is 0 Å². The van der Waals surface area contributed by atoms with Gasteiger partial charge in [0.1, 0.15) is 6.61 Å². The third-order valence-electron chi connectivity index (χ3n) is 4.85. The molecule has 2 aliphatic heterocycles. The van der Waals surface area contributed by atoms with E-state index in [1.165, 1.54) is 12.8 Å². The van der Waals surface area contributed by atoms with Crippen LogP contribution in [0.4, 0.5) is 4.79 Å². The first-order chi connectivity index (χ1) is 12.3. The SMILES string of the molecule is CC.CC(C)C1(C)CCOCC1.CC(C)CCN1CCOC1=O.NC=O. The van der Waals surface area contributed by atoms with Gasteiger partial charge in [-0.2, -0.15) is 0 Å². The van der Waals surface area contributed by atoms with Gasteiger partial charge in [-0.1, -0.05) is 48.5 Å². The zero-order valence-corrected chi connectivity index (χ0v) is 18.0. The molecule has 0 aromatic carbocycles. The first-order valence-corrected chi connectivity index (χ1v) is 9.91. The number of carbonyl (C=O) groups is 2. The molecule has 0 aromatic rings. The van der Waals surface area contributed by atoms with Gasteiger partial charge in [-0.15, -0.1) is 0 Å². The fourth-order valence-electron chi connectivity index (χ4n) is 2.46. The molecule has 2 aliphatic rings. The van der Waals surface area contributed by atoms with Crippen LogP contribution in [0.25, 0.3) is 0 Å². The van der Waals surface area contributed by atoms with Crippen LogP contribution < -0.4 is 5.73 Å². The molecule has 2 N–H and O–H groups in total. The highest BCUT2D eigenvalue weighted by Crippen LogP contribution is 2.36. The van der Waals surface area contributed by atoms with Gasteiger partial charge in [0.2, 0.25) is 6.41 Å². The Bertz CT molecular complexity index is 354. The fraction of sp³-hybridized carbons (Fsp3) is 0.900. The Morgan fingerprint density at radius 1 is 1.15 bits per heavy atom. The van der Waals surface area contributed by atoms with Crippen molar-refractivity contribution in [3.63, 3.8) is 0 Å². The minimum Gasteiger partial charge on any atom is -0.448 e. The highest BCUT2D eigenvalue weighted by Gasteiger charge is 2.30. The molecule has 0 aromatic heterocycles. The molecular formula is C20H42N2O4. The van der Waals surface area contributed by atoms with E-state index < -0.39 is 0 Å². The van der Waals surface area contributed by atoms with Gasteiger partial charge >= 0.3 is 6.09 Å². The largest absolute Gasteiger partial charge is 0.448 e. The van der Waals surface area contributed by atoms with E-state index in [0.29, 0.717) is 17.9 Å². The molecule has 0 atom stereocenters. The Morgan fingerprint density at radius 2 is 1.65 bits per heavy atom. The molecule has 0 spiro atoms. The van der Waals surface area contributed by atoms with Gasteiger partial charge in [0.15, 0.2) is 0 Å². The van der Waals surface area contributed by atoms with Crippen molar-refractivity contribution in [2.45, 2.75) is 67.7 Å². The van der Waals surface area contributed by atoms with Crippen molar-refractivity contribution >= 4 is 12.5 Å². The molecule has 2 rings (SSSR count). The predicted molar refractivity (Wildman–Crippen MR) is 107 cm³/mol. The summed E-state index contributed by atoms with van der Waals surface area (Å²) in [5.41, 5.74) is 4.72. The third-order valence-corrected chi connectivity index (χ3v) is 4.85. The van der Waals surface area contributed by atoms with E-state index in [-0.39, 0.29) is 12.5 Å². The Kier molecular flexibility index (Phi) is 16.5. The van der Waals surface area contributed by atoms with E-state index in [1.807, 2.05) is 13.8 Å². The highest BCUT2D eigenvalue weighted by molar-refractivity contribution is 5.69. The molecule has 2 heterocycles. The number of amides is 2. The molecule has 6 heteroatoms. The monoisotopic (exact) mass is 374 g/mol. The van der Waals surface area contributed by atoms with Gasteiger partial charge in [-0.3, -0.25) is 4.79 Å². The summed E-state index contributed by atoms with van der Waals surface area (Å²) in [6, 6.07) is 0. The average molecular weight is 375 g/mol. The molecule has 0 bridgehead atoms. The summed E-state index contributed by atoms with van der Waals surface area (Å²) >= 11 is 0. The Hall–Kier alpha value is -1.30. The van der Waals surface area contributed by atoms with E-state index in [9.17, 15) is 4.79 Å². The van der Waals surface area contributed by atoms with Crippen LogP contribution in [0.15, 0.2) is 0 Å². The van der Waals surface area contributed by atoms with Crippen molar-refractivity contribution in [2.75, 3.05) is 32.9 Å². The standard InChI is InChI=1S/C9H18O.C8H15NO2.C2H6.CH3NO/c1-8(2)9(3)4-6-10-7-5-9;1-7(2)3-4-9-5-6-11-8(9)10;1-2;2-1-3/h8H,4-7H2,1-3H3;7H,3-6H2,1-2H3;1-2H3;1H,(H2,2,3). The Morgan fingerprint density at radius 3 is 1.96 bits per heavy atom. The average Bonchev–Trinajstić information content (AvgIpc) is 3.02. The van der Waals surface area contributed by atoms with Crippen LogP contribution in [0, 0.1) is 17.3 Å². The Labute approximate surface area is 160 Å². The zero-order valence-electron chi connectivity index (χ0n) is 18.0. The quantitative estimate of drug-likeness (QED) is 0.752. The second-order valence-electron chi connectivity index (χ2n) is 7.34. The number of cyclic esters (lactones) is 1. The van der Waals surface area contributed by atoms with Gasteiger partial charge < -0.3 is 20.1 Å². The number of hydrogen-bond donors (Lipinski definition) is 1. The van der Waals surface area contributed by atoms with Crippen LogP contribution in [0.1, 0.15) is 67.7 Å². The van der Waals surface area contributed by atoms with E-state index in [4.69, 9.17) is 14.3 Å². The van der Waals surface area contributed by atoms with Crippen LogP contribution in [0.2, 0.25) is 0 Å². The van der Waals surface area contributed by atoms with Gasteiger partial charge in [-0.25, -0.2) is 4.79 Å². The molecule has 0 radical (unpaired) electrons. The lowest BCUT2D eigenvalue weighted by Gasteiger charge is -2.37. The van der Waals surface area contributed by atoms with Crippen molar-refractivity contribution < 1.29 is 19.1 Å². The fourth-order valence-corrected chi connectivity index (χ4v) is 2.46. The summed E-state index contributed by atoms with van der Waals surface area (Å²) in [7, 11) is 0. The van der Waals surface area contributed by atoms with Crippen LogP contribution in [-0.2, 0) is 14.3 Å². The second-order valence-corrected chi connectivity index (χ2v) is 7.34. The summed E-state index contributed by atoms with van der Waals surface area (Å²) in [4.78, 5) is 21.2. The van der Waals surface area contributed by atoms with Gasteiger partial charge in [0.25, 0.3) is 0 Å². The first-order valence-electron chi connectivity index (χ1n) is 9.91. The predicted octanol–water partition coefficient (Wildman–Crippen LogP) is 4.07. The smallest absolute Gasteiger partial charge is 0.409 e. The number of nitrogens with zero attached hydrogens (tertiary/aromatic N) is 1. The lowest BCUT2D eigenvalue weighted by atomic mass is 9.73. The zero-order chi connectivity index (χ0) is 20.6. The molecule has 156 valence electrons. The molecule has 0 unspecified atom stereocenters. The minimum absolute atomic E-state index is 0.148. The van der Waals surface area contributed by atoms with Crippen LogP contribution in [0.3, 0.4) is 0 Å². The van der Waals surface area contributed by atoms with Crippen molar-refractivity contribution in [3.8, 4) is 0 Å². The molecule has 2 amide bonds. The van der Waals surface area contributed by atoms with Crippen LogP contribution in [0.5, 0.6) is 0 Å². The topological polar surface area (TPSA) is 81.9 Å². The number of hydrogen-bond acceptors (Lipinski definition) is 4. The molecular weight excluding hydrogens is 332 g/mol. The second kappa shape index (κ2) is 15.9. The van der Waals surface area contributed by atoms with Gasteiger partial charge in [0, 0.05) is 19.8 Å². The van der Waals surface area contributed by atoms with E-state index in [2.05, 4.69) is 40.4 Å². The molecule has 6 nitrogen and oxygen atoms in total. The summed E-state index contributed by atoms with van der Waals surface area (Å²) in [5, 5.41) is 0. The third kappa shape index (κ3) is 12.1. The summed E-state index contributed by atoms with van der Waals surface area (Å²) in [6.45, 7) is 19.4. The summed E-state index contributed by atoms with van der Waals surface area (Å²) < 4.78 is 10.1. The lowest BCUT2D eigenvalue weighted by Crippen LogP contribution is -2.31. The van der Waals surface area contributed by atoms with Gasteiger partial charge in [-0.05, 0) is 36.5 Å². The molecule has 0 aliphatic carbocycles. The summed E-state index contributed by atoms with van der Waals surface area (Å²) in [5.74, 6) is 1.46. The molecule has 2 fully saturated rings. The van der Waals surface area contributed by atoms with E-state index in [0.717, 1.165) is 38.6 Å². The lowest BCUT2D eigenvalue weighted by molar-refractivity contribution is -0.106. The molecule has 2 saturated heterocycles. The number of nitrogens with two attached hydrogens (primary N) is 1. The maximum absolute atomic E-state index is 10.9. The molecule has 0 saturated carbocycles. The molecule has 26 heavy (non-hydrogen) atoms. The minimum atomic E-state index is -0.148.